The Morgan fingerprint density at radius 2 is 2.32 bits per heavy atom. The van der Waals surface area contributed by atoms with Crippen LogP contribution in [0.2, 0.25) is 0 Å². The van der Waals surface area contributed by atoms with Crippen molar-refractivity contribution >= 4 is 17.3 Å². The average molecular weight is 278 g/mol. The molecular formula is C13H14N2O3S. The predicted octanol–water partition coefficient (Wildman–Crippen LogP) is 2.37. The molecule has 5 nitrogen and oxygen atoms in total. The molecule has 0 aliphatic rings. The van der Waals surface area contributed by atoms with Gasteiger partial charge in [0.05, 0.1) is 24.4 Å². The summed E-state index contributed by atoms with van der Waals surface area (Å²) in [7, 11) is 1.60. The van der Waals surface area contributed by atoms with Crippen LogP contribution < -0.4 is 0 Å². The number of aliphatic carboxylic acids is 1. The van der Waals surface area contributed by atoms with Gasteiger partial charge in [-0.25, -0.2) is 4.98 Å². The number of pyridine rings is 1. The van der Waals surface area contributed by atoms with Crippen LogP contribution in [-0.4, -0.2) is 28.2 Å². The highest BCUT2D eigenvalue weighted by Crippen LogP contribution is 2.28. The van der Waals surface area contributed by atoms with E-state index in [4.69, 9.17) is 9.84 Å². The number of aromatic nitrogens is 2. The Bertz CT molecular complexity index is 554. The minimum Gasteiger partial charge on any atom is -0.481 e. The summed E-state index contributed by atoms with van der Waals surface area (Å²) in [5.41, 5.74) is 1.60. The number of carbonyl (C=O) groups is 1. The summed E-state index contributed by atoms with van der Waals surface area (Å²) >= 11 is 1.48. The molecule has 19 heavy (non-hydrogen) atoms. The first-order chi connectivity index (χ1) is 9.20. The third-order valence-corrected chi connectivity index (χ3v) is 3.69. The Labute approximate surface area is 114 Å². The molecule has 100 valence electrons. The van der Waals surface area contributed by atoms with Crippen LogP contribution in [0.25, 0.3) is 10.7 Å². The van der Waals surface area contributed by atoms with E-state index in [1.165, 1.54) is 11.3 Å². The number of hydrogen-bond acceptors (Lipinski definition) is 5. The molecule has 0 saturated carbocycles. The molecule has 0 aliphatic carbocycles. The first-order valence-corrected chi connectivity index (χ1v) is 6.63. The van der Waals surface area contributed by atoms with Crippen molar-refractivity contribution in [3.05, 3.63) is 35.0 Å². The van der Waals surface area contributed by atoms with Crippen LogP contribution in [-0.2, 0) is 22.6 Å². The van der Waals surface area contributed by atoms with E-state index in [9.17, 15) is 4.79 Å². The quantitative estimate of drug-likeness (QED) is 0.878. The van der Waals surface area contributed by atoms with Gasteiger partial charge in [0.15, 0.2) is 0 Å². The molecule has 0 unspecified atom stereocenters. The molecule has 2 aromatic rings. The van der Waals surface area contributed by atoms with Gasteiger partial charge in [-0.1, -0.05) is 6.07 Å². The van der Waals surface area contributed by atoms with Gasteiger partial charge in [0.25, 0.3) is 0 Å². The van der Waals surface area contributed by atoms with Gasteiger partial charge in [-0.15, -0.1) is 11.3 Å². The molecule has 0 bridgehead atoms. The first-order valence-electron chi connectivity index (χ1n) is 5.81. The maximum Gasteiger partial charge on any atom is 0.303 e. The van der Waals surface area contributed by atoms with Crippen LogP contribution in [0.3, 0.4) is 0 Å². The Morgan fingerprint density at radius 3 is 2.95 bits per heavy atom. The number of hydrogen-bond donors (Lipinski definition) is 1. The lowest BCUT2D eigenvalue weighted by Gasteiger charge is -1.98. The van der Waals surface area contributed by atoms with Crippen LogP contribution in [0.4, 0.5) is 0 Å². The van der Waals surface area contributed by atoms with Gasteiger partial charge in [-0.05, 0) is 18.6 Å². The number of methoxy groups -OCH3 is 1. The maximum atomic E-state index is 10.7. The van der Waals surface area contributed by atoms with E-state index in [0.29, 0.717) is 13.0 Å². The minimum atomic E-state index is -0.809. The van der Waals surface area contributed by atoms with E-state index >= 15 is 0 Å². The highest BCUT2D eigenvalue weighted by molar-refractivity contribution is 7.15. The summed E-state index contributed by atoms with van der Waals surface area (Å²) in [6.07, 6.45) is 2.28. The van der Waals surface area contributed by atoms with Crippen molar-refractivity contribution < 1.29 is 14.6 Å². The third-order valence-electron chi connectivity index (χ3n) is 2.51. The fraction of sp³-hybridized carbons (Fsp3) is 0.308. The lowest BCUT2D eigenvalue weighted by atomic mass is 10.2. The number of aryl methyl sites for hydroxylation is 1. The molecule has 0 aromatic carbocycles. The highest BCUT2D eigenvalue weighted by atomic mass is 32.1. The number of carboxylic acid groups (broad SMARTS) is 1. The van der Waals surface area contributed by atoms with Crippen LogP contribution >= 0.6 is 11.3 Å². The summed E-state index contributed by atoms with van der Waals surface area (Å²) in [4.78, 5) is 20.3. The van der Waals surface area contributed by atoms with Gasteiger partial charge in [0.2, 0.25) is 0 Å². The van der Waals surface area contributed by atoms with E-state index in [-0.39, 0.29) is 6.42 Å². The molecule has 2 rings (SSSR count). The summed E-state index contributed by atoms with van der Waals surface area (Å²) in [5.74, 6) is -0.809. The Balaban J connectivity index is 2.26. The molecule has 0 saturated heterocycles. The number of nitrogens with zero attached hydrogens (tertiary/aromatic N) is 2. The van der Waals surface area contributed by atoms with Crippen molar-refractivity contribution in [2.24, 2.45) is 0 Å². The summed E-state index contributed by atoms with van der Waals surface area (Å²) in [6, 6.07) is 5.63. The van der Waals surface area contributed by atoms with Crippen LogP contribution in [0, 0.1) is 0 Å². The Kier molecular flexibility index (Phi) is 4.59. The van der Waals surface area contributed by atoms with Gasteiger partial charge in [0.1, 0.15) is 5.01 Å². The normalized spacial score (nSPS) is 10.6. The molecule has 2 aromatic heterocycles. The molecule has 6 heteroatoms. The van der Waals surface area contributed by atoms with Crippen LogP contribution in [0.5, 0.6) is 0 Å². The van der Waals surface area contributed by atoms with Gasteiger partial charge < -0.3 is 9.84 Å². The first kappa shape index (κ1) is 13.6. The smallest absolute Gasteiger partial charge is 0.303 e. The molecular weight excluding hydrogens is 264 g/mol. The van der Waals surface area contributed by atoms with Gasteiger partial charge >= 0.3 is 5.97 Å². The van der Waals surface area contributed by atoms with Crippen molar-refractivity contribution in [1.29, 1.82) is 0 Å². The standard InChI is InChI=1S/C13H14N2O3S/c1-18-8-10-11(5-6-12(16)17)19-13(15-10)9-4-2-3-7-14-9/h2-4,7H,5-6,8H2,1H3,(H,16,17). The lowest BCUT2D eigenvalue weighted by molar-refractivity contribution is -0.136. The van der Waals surface area contributed by atoms with E-state index in [0.717, 1.165) is 21.3 Å². The summed E-state index contributed by atoms with van der Waals surface area (Å²) in [6.45, 7) is 0.387. The van der Waals surface area contributed by atoms with Gasteiger partial charge in [0, 0.05) is 18.2 Å². The molecule has 0 amide bonds. The SMILES string of the molecule is COCc1nc(-c2ccccn2)sc1CCC(=O)O. The zero-order valence-electron chi connectivity index (χ0n) is 10.5. The second-order valence-electron chi connectivity index (χ2n) is 3.93. The van der Waals surface area contributed by atoms with Gasteiger partial charge in [-0.3, -0.25) is 9.78 Å². The van der Waals surface area contributed by atoms with E-state index in [1.807, 2.05) is 18.2 Å². The monoisotopic (exact) mass is 278 g/mol. The van der Waals surface area contributed by atoms with Crippen molar-refractivity contribution in [1.82, 2.24) is 9.97 Å². The van der Waals surface area contributed by atoms with Crippen molar-refractivity contribution in [2.45, 2.75) is 19.4 Å². The van der Waals surface area contributed by atoms with E-state index in [2.05, 4.69) is 9.97 Å². The number of carboxylic acids is 1. The van der Waals surface area contributed by atoms with Crippen molar-refractivity contribution in [3.63, 3.8) is 0 Å². The highest BCUT2D eigenvalue weighted by Gasteiger charge is 2.14. The largest absolute Gasteiger partial charge is 0.481 e. The van der Waals surface area contributed by atoms with Crippen LogP contribution in [0.15, 0.2) is 24.4 Å². The van der Waals surface area contributed by atoms with E-state index in [1.54, 1.807) is 13.3 Å². The number of ether oxygens (including phenoxy) is 1. The molecule has 0 aliphatic heterocycles. The van der Waals surface area contributed by atoms with Gasteiger partial charge in [-0.2, -0.15) is 0 Å². The second kappa shape index (κ2) is 6.40. The Hall–Kier alpha value is -1.79. The molecule has 0 radical (unpaired) electrons. The zero-order valence-corrected chi connectivity index (χ0v) is 11.3. The van der Waals surface area contributed by atoms with Crippen molar-refractivity contribution in [3.8, 4) is 10.7 Å². The molecule has 1 N–H and O–H groups in total. The minimum absolute atomic E-state index is 0.0978. The topological polar surface area (TPSA) is 72.3 Å². The summed E-state index contributed by atoms with van der Waals surface area (Å²) < 4.78 is 5.10. The zero-order chi connectivity index (χ0) is 13.7. The predicted molar refractivity (Wildman–Crippen MR) is 72.0 cm³/mol. The molecule has 0 fully saturated rings. The molecule has 0 spiro atoms. The second-order valence-corrected chi connectivity index (χ2v) is 5.01. The molecule has 2 heterocycles. The fourth-order valence-corrected chi connectivity index (χ4v) is 2.69. The average Bonchev–Trinajstić information content (AvgIpc) is 2.81. The number of thiazole rings is 1. The molecule has 0 atom stereocenters. The van der Waals surface area contributed by atoms with Crippen LogP contribution in [0.1, 0.15) is 17.0 Å². The fourth-order valence-electron chi connectivity index (χ4n) is 1.65. The van der Waals surface area contributed by atoms with Crippen molar-refractivity contribution in [2.75, 3.05) is 7.11 Å². The lowest BCUT2D eigenvalue weighted by Crippen LogP contribution is -1.99. The number of rotatable bonds is 6. The van der Waals surface area contributed by atoms with E-state index < -0.39 is 5.97 Å². The summed E-state index contributed by atoms with van der Waals surface area (Å²) in [5, 5.41) is 9.56. The third kappa shape index (κ3) is 3.59. The Morgan fingerprint density at radius 1 is 1.47 bits per heavy atom. The maximum absolute atomic E-state index is 10.7.